The smallest absolute Gasteiger partial charge is 0.0726 e. The van der Waals surface area contributed by atoms with Gasteiger partial charge in [-0.3, -0.25) is 0 Å². The van der Waals surface area contributed by atoms with Crippen molar-refractivity contribution in [3.63, 3.8) is 0 Å². The van der Waals surface area contributed by atoms with Gasteiger partial charge in [0.05, 0.1) is 16.4 Å². The Morgan fingerprint density at radius 2 is 0.694 bits per heavy atom. The van der Waals surface area contributed by atoms with Crippen LogP contribution in [0.3, 0.4) is 0 Å². The van der Waals surface area contributed by atoms with Gasteiger partial charge in [-0.2, -0.15) is 0 Å². The van der Waals surface area contributed by atoms with Crippen LogP contribution in [0, 0.1) is 0 Å². The Hall–Kier alpha value is -11.1. The number of hydrogen-bond acceptors (Lipinski definition) is 1. The molecule has 15 aromatic rings. The first kappa shape index (κ1) is 48.6. The lowest BCUT2D eigenvalue weighted by molar-refractivity contribution is 0.793. The van der Waals surface area contributed by atoms with Crippen LogP contribution in [0.5, 0.6) is 0 Å². The van der Waals surface area contributed by atoms with Gasteiger partial charge in [-0.1, -0.05) is 243 Å². The standard InChI is InChI=1S/C83H54N2/c1-3-20-55(21-4-1)59-24-19-25-60(48-59)63-50-64(61-39-38-56-22-7-8-23-58(56)49-61)52-68(51-63)85-81-37-18-14-33-75(81)76-53-62(42-47-82(76)85)70-29-10-9-28-69(70)57-40-43-66(44-41-57)84(65-26-5-2-6-27-65)67-45-46-74-73-32-13-17-36-79(73)83(80(74)54-67)77-34-15-11-30-71(77)72-31-12-16-35-78(72)83/h1-54H. The highest BCUT2D eigenvalue weighted by atomic mass is 15.1. The first-order chi connectivity index (χ1) is 42.1. The molecular formula is C83H54N2. The van der Waals surface area contributed by atoms with E-state index in [1.807, 2.05) is 0 Å². The van der Waals surface area contributed by atoms with Crippen LogP contribution in [0.4, 0.5) is 17.1 Å². The van der Waals surface area contributed by atoms with Gasteiger partial charge in [-0.25, -0.2) is 0 Å². The first-order valence-corrected chi connectivity index (χ1v) is 29.5. The first-order valence-electron chi connectivity index (χ1n) is 29.5. The SMILES string of the molecule is c1ccc(-c2cccc(-c3cc(-c4ccc5ccccc5c4)cc(-n4c5ccccc5c5cc(-c6ccccc6-c6ccc(N(c7ccccc7)c7ccc8c(c7)C7(c9ccccc9-c9ccccc97)c7ccccc7-8)cc6)ccc54)c3)c2)cc1. The number of nitrogens with zero attached hydrogens (tertiary/aromatic N) is 2. The lowest BCUT2D eigenvalue weighted by atomic mass is 9.70. The molecule has 0 bridgehead atoms. The van der Waals surface area contributed by atoms with Gasteiger partial charge in [-0.15, -0.1) is 0 Å². The molecule has 17 rings (SSSR count). The Balaban J connectivity index is 0.768. The average molecular weight is 1080 g/mol. The Morgan fingerprint density at radius 1 is 0.224 bits per heavy atom. The molecule has 2 heteroatoms. The van der Waals surface area contributed by atoms with E-state index in [-0.39, 0.29) is 0 Å². The fraction of sp³-hybridized carbons (Fsp3) is 0.0120. The quantitative estimate of drug-likeness (QED) is 0.140. The highest BCUT2D eigenvalue weighted by Gasteiger charge is 2.51. The summed E-state index contributed by atoms with van der Waals surface area (Å²) in [4.78, 5) is 2.42. The Bertz CT molecular complexity index is 5060. The lowest BCUT2D eigenvalue weighted by Crippen LogP contribution is -2.26. The molecule has 1 spiro atoms. The van der Waals surface area contributed by atoms with Crippen molar-refractivity contribution < 1.29 is 0 Å². The Morgan fingerprint density at radius 3 is 1.39 bits per heavy atom. The van der Waals surface area contributed by atoms with Crippen molar-refractivity contribution in [2.75, 3.05) is 4.90 Å². The molecule has 0 radical (unpaired) electrons. The largest absolute Gasteiger partial charge is 0.310 e. The molecule has 396 valence electrons. The number of fused-ring (bicyclic) bond motifs is 14. The van der Waals surface area contributed by atoms with Gasteiger partial charge < -0.3 is 9.47 Å². The molecule has 0 saturated heterocycles. The lowest BCUT2D eigenvalue weighted by Gasteiger charge is -2.32. The van der Waals surface area contributed by atoms with Crippen LogP contribution >= 0.6 is 0 Å². The minimum atomic E-state index is -0.438. The topological polar surface area (TPSA) is 8.17 Å². The fourth-order valence-electron chi connectivity index (χ4n) is 14.4. The third-order valence-corrected chi connectivity index (χ3v) is 18.2. The van der Waals surface area contributed by atoms with Gasteiger partial charge in [0, 0.05) is 33.5 Å². The van der Waals surface area contributed by atoms with Crippen LogP contribution < -0.4 is 4.90 Å². The summed E-state index contributed by atoms with van der Waals surface area (Å²) in [7, 11) is 0. The maximum atomic E-state index is 2.48. The maximum Gasteiger partial charge on any atom is 0.0726 e. The summed E-state index contributed by atoms with van der Waals surface area (Å²) in [5, 5.41) is 4.89. The monoisotopic (exact) mass is 1080 g/mol. The van der Waals surface area contributed by atoms with Crippen molar-refractivity contribution in [2.24, 2.45) is 0 Å². The van der Waals surface area contributed by atoms with Gasteiger partial charge in [0.15, 0.2) is 0 Å². The second-order valence-corrected chi connectivity index (χ2v) is 22.7. The molecular weight excluding hydrogens is 1020 g/mol. The summed E-state index contributed by atoms with van der Waals surface area (Å²) in [5.74, 6) is 0. The zero-order valence-corrected chi connectivity index (χ0v) is 46.6. The normalized spacial score (nSPS) is 12.6. The molecule has 2 nitrogen and oxygen atoms in total. The van der Waals surface area contributed by atoms with Gasteiger partial charge in [0.25, 0.3) is 0 Å². The summed E-state index contributed by atoms with van der Waals surface area (Å²) >= 11 is 0. The van der Waals surface area contributed by atoms with Crippen LogP contribution in [0.15, 0.2) is 328 Å². The van der Waals surface area contributed by atoms with Crippen LogP contribution in [-0.4, -0.2) is 4.57 Å². The van der Waals surface area contributed by atoms with Gasteiger partial charge in [0.2, 0.25) is 0 Å². The molecule has 1 aromatic heterocycles. The van der Waals surface area contributed by atoms with E-state index < -0.39 is 5.41 Å². The van der Waals surface area contributed by atoms with Crippen LogP contribution in [0.1, 0.15) is 22.3 Å². The summed E-state index contributed by atoms with van der Waals surface area (Å²) in [6.07, 6.45) is 0. The molecule has 0 amide bonds. The van der Waals surface area contributed by atoms with Gasteiger partial charge >= 0.3 is 0 Å². The predicted octanol–water partition coefficient (Wildman–Crippen LogP) is 22.1. The van der Waals surface area contributed by atoms with Gasteiger partial charge in [0.1, 0.15) is 0 Å². The van der Waals surface area contributed by atoms with Crippen molar-refractivity contribution in [3.8, 4) is 83.6 Å². The van der Waals surface area contributed by atoms with Crippen molar-refractivity contribution in [1.29, 1.82) is 0 Å². The minimum absolute atomic E-state index is 0.438. The number of para-hydroxylation sites is 2. The van der Waals surface area contributed by atoms with Crippen LogP contribution in [0.2, 0.25) is 0 Å². The minimum Gasteiger partial charge on any atom is -0.310 e. The second-order valence-electron chi connectivity index (χ2n) is 22.7. The number of rotatable bonds is 9. The molecule has 85 heavy (non-hydrogen) atoms. The molecule has 2 aliphatic carbocycles. The molecule has 2 aliphatic rings. The van der Waals surface area contributed by atoms with E-state index in [0.29, 0.717) is 0 Å². The summed E-state index contributed by atoms with van der Waals surface area (Å²) in [5.41, 5.74) is 28.7. The highest BCUT2D eigenvalue weighted by molar-refractivity contribution is 6.11. The van der Waals surface area contributed by atoms with Crippen molar-refractivity contribution in [2.45, 2.75) is 5.41 Å². The summed E-state index contributed by atoms with van der Waals surface area (Å²) in [6, 6.07) is 121. The van der Waals surface area contributed by atoms with Crippen molar-refractivity contribution in [3.05, 3.63) is 350 Å². The molecule has 0 unspecified atom stereocenters. The van der Waals surface area contributed by atoms with E-state index in [0.717, 1.165) is 33.8 Å². The molecule has 0 saturated carbocycles. The molecule has 0 atom stereocenters. The van der Waals surface area contributed by atoms with E-state index in [9.17, 15) is 0 Å². The predicted molar refractivity (Wildman–Crippen MR) is 356 cm³/mol. The van der Waals surface area contributed by atoms with Crippen molar-refractivity contribution >= 4 is 49.6 Å². The third kappa shape index (κ3) is 7.73. The average Bonchev–Trinajstić information content (AvgIpc) is 4.37. The van der Waals surface area contributed by atoms with Gasteiger partial charge in [-0.05, 0) is 196 Å². The Labute approximate surface area is 495 Å². The molecule has 14 aromatic carbocycles. The summed E-state index contributed by atoms with van der Waals surface area (Å²) < 4.78 is 2.47. The zero-order valence-electron chi connectivity index (χ0n) is 46.6. The second kappa shape index (κ2) is 19.6. The maximum absolute atomic E-state index is 2.48. The third-order valence-electron chi connectivity index (χ3n) is 18.2. The molecule has 0 fully saturated rings. The number of benzene rings is 14. The number of anilines is 3. The number of aromatic nitrogens is 1. The molecule has 1 heterocycles. The zero-order chi connectivity index (χ0) is 56.0. The van der Waals surface area contributed by atoms with Crippen LogP contribution in [0.25, 0.3) is 116 Å². The number of hydrogen-bond donors (Lipinski definition) is 0. The molecule has 0 aliphatic heterocycles. The van der Waals surface area contributed by atoms with Crippen LogP contribution in [-0.2, 0) is 5.41 Å². The van der Waals surface area contributed by atoms with E-state index >= 15 is 0 Å². The van der Waals surface area contributed by atoms with E-state index in [1.165, 1.54) is 122 Å². The van der Waals surface area contributed by atoms with E-state index in [1.54, 1.807) is 0 Å². The highest BCUT2D eigenvalue weighted by Crippen LogP contribution is 2.63. The van der Waals surface area contributed by atoms with E-state index in [4.69, 9.17) is 0 Å². The Kier molecular flexibility index (Phi) is 11.2. The van der Waals surface area contributed by atoms with E-state index in [2.05, 4.69) is 337 Å². The fourth-order valence-corrected chi connectivity index (χ4v) is 14.4. The molecule has 0 N–H and O–H groups in total. The van der Waals surface area contributed by atoms with Crippen molar-refractivity contribution in [1.82, 2.24) is 4.57 Å². The summed E-state index contributed by atoms with van der Waals surface area (Å²) in [6.45, 7) is 0.